The van der Waals surface area contributed by atoms with E-state index in [0.717, 1.165) is 11.4 Å². The summed E-state index contributed by atoms with van der Waals surface area (Å²) in [5.74, 6) is 0. The minimum atomic E-state index is -0.432. The van der Waals surface area contributed by atoms with Gasteiger partial charge in [-0.1, -0.05) is 196 Å². The molecule has 1 nitrogen and oxygen atoms in total. The predicted octanol–water partition coefficient (Wildman–Crippen LogP) is 15.1. The molecule has 0 aromatic heterocycles. The van der Waals surface area contributed by atoms with Crippen molar-refractivity contribution in [3.05, 3.63) is 246 Å². The molecular weight excluding hydrogens is 711 g/mol. The van der Waals surface area contributed by atoms with Gasteiger partial charge in [0.05, 0.1) is 11.1 Å². The smallest absolute Gasteiger partial charge is 0.0726 e. The first kappa shape index (κ1) is 33.9. The second kappa shape index (κ2) is 12.6. The van der Waals surface area contributed by atoms with Gasteiger partial charge in [0.1, 0.15) is 0 Å². The number of rotatable bonds is 5. The van der Waals surface area contributed by atoms with E-state index in [2.05, 4.69) is 231 Å². The van der Waals surface area contributed by atoms with Gasteiger partial charge in [0, 0.05) is 22.4 Å². The minimum Gasteiger partial charge on any atom is -0.310 e. The van der Waals surface area contributed by atoms with Crippen molar-refractivity contribution >= 4 is 17.1 Å². The quantitative estimate of drug-likeness (QED) is 0.169. The Balaban J connectivity index is 1.15. The maximum atomic E-state index is 2.53. The van der Waals surface area contributed by atoms with Gasteiger partial charge < -0.3 is 4.90 Å². The molecule has 0 N–H and O–H groups in total. The lowest BCUT2D eigenvalue weighted by atomic mass is 9.70. The molecule has 278 valence electrons. The third kappa shape index (κ3) is 4.67. The molecule has 0 saturated heterocycles. The van der Waals surface area contributed by atoms with E-state index in [4.69, 9.17) is 0 Å². The van der Waals surface area contributed by atoms with E-state index in [1.54, 1.807) is 0 Å². The van der Waals surface area contributed by atoms with E-state index < -0.39 is 5.41 Å². The number of fused-ring (bicyclic) bond motifs is 13. The number of hydrogen-bond donors (Lipinski definition) is 0. The van der Waals surface area contributed by atoms with E-state index in [1.807, 2.05) is 0 Å². The van der Waals surface area contributed by atoms with Crippen molar-refractivity contribution < 1.29 is 0 Å². The van der Waals surface area contributed by atoms with E-state index in [0.29, 0.717) is 0 Å². The van der Waals surface area contributed by atoms with Crippen LogP contribution in [0.1, 0.15) is 47.2 Å². The second-order valence-electron chi connectivity index (χ2n) is 16.8. The Morgan fingerprint density at radius 3 is 1.53 bits per heavy atom. The molecule has 0 unspecified atom stereocenters. The first-order valence-electron chi connectivity index (χ1n) is 20.8. The number of benzene rings is 9. The Morgan fingerprint density at radius 1 is 0.305 bits per heavy atom. The molecule has 0 radical (unpaired) electrons. The summed E-state index contributed by atoms with van der Waals surface area (Å²) in [4.78, 5) is 2.53. The van der Waals surface area contributed by atoms with Gasteiger partial charge in [0.2, 0.25) is 0 Å². The summed E-state index contributed by atoms with van der Waals surface area (Å²) in [7, 11) is 0. The summed E-state index contributed by atoms with van der Waals surface area (Å²) >= 11 is 0. The number of nitrogens with zero attached hydrogens (tertiary/aromatic N) is 1. The molecule has 1 spiro atoms. The Labute approximate surface area is 346 Å². The summed E-state index contributed by atoms with van der Waals surface area (Å²) in [6.07, 6.45) is 0. The molecule has 0 aliphatic heterocycles. The molecular formula is C58H41N. The van der Waals surface area contributed by atoms with E-state index in [1.165, 1.54) is 94.7 Å². The summed E-state index contributed by atoms with van der Waals surface area (Å²) in [5.41, 5.74) is 23.7. The van der Waals surface area contributed by atoms with Gasteiger partial charge in [0.25, 0.3) is 0 Å². The maximum absolute atomic E-state index is 2.53. The molecule has 3 aliphatic rings. The highest BCUT2D eigenvalue weighted by molar-refractivity contribution is 6.02. The monoisotopic (exact) mass is 751 g/mol. The fraction of sp³-hybridized carbons (Fsp3) is 0.0690. The Morgan fingerprint density at radius 2 is 0.814 bits per heavy atom. The van der Waals surface area contributed by atoms with Crippen LogP contribution in [0.25, 0.3) is 55.6 Å². The second-order valence-corrected chi connectivity index (χ2v) is 16.8. The van der Waals surface area contributed by atoms with Crippen LogP contribution in [-0.4, -0.2) is 0 Å². The zero-order valence-corrected chi connectivity index (χ0v) is 33.2. The van der Waals surface area contributed by atoms with Gasteiger partial charge in [-0.05, 0) is 114 Å². The van der Waals surface area contributed by atoms with Crippen LogP contribution in [0.5, 0.6) is 0 Å². The lowest BCUT2D eigenvalue weighted by Gasteiger charge is -2.32. The summed E-state index contributed by atoms with van der Waals surface area (Å²) < 4.78 is 0. The molecule has 0 amide bonds. The molecule has 0 heterocycles. The van der Waals surface area contributed by atoms with Crippen LogP contribution >= 0.6 is 0 Å². The molecule has 9 aromatic rings. The topological polar surface area (TPSA) is 3.24 Å². The van der Waals surface area contributed by atoms with Gasteiger partial charge in [-0.3, -0.25) is 0 Å². The van der Waals surface area contributed by atoms with Crippen molar-refractivity contribution in [3.8, 4) is 55.6 Å². The maximum Gasteiger partial charge on any atom is 0.0726 e. The zero-order valence-electron chi connectivity index (χ0n) is 33.2. The Bertz CT molecular complexity index is 3090. The van der Waals surface area contributed by atoms with Crippen LogP contribution in [0.3, 0.4) is 0 Å². The van der Waals surface area contributed by atoms with Gasteiger partial charge in [-0.2, -0.15) is 0 Å². The molecule has 59 heavy (non-hydrogen) atoms. The van der Waals surface area contributed by atoms with Crippen LogP contribution in [0, 0.1) is 0 Å². The summed E-state index contributed by atoms with van der Waals surface area (Å²) in [5, 5.41) is 0. The molecule has 1 heteroatoms. The SMILES string of the molecule is CC1(C)c2ccc(N(c3cccc(-c4ccccc4)c3)c3cccc4c3-c3ccccc3C43c4ccccc4-c4ccccc43)cc2-c2c(-c3ccccc3)cccc21. The fourth-order valence-electron chi connectivity index (χ4n) is 11.0. The van der Waals surface area contributed by atoms with Crippen molar-refractivity contribution in [2.45, 2.75) is 24.7 Å². The largest absolute Gasteiger partial charge is 0.310 e. The zero-order chi connectivity index (χ0) is 39.3. The van der Waals surface area contributed by atoms with E-state index >= 15 is 0 Å². The van der Waals surface area contributed by atoms with Crippen molar-refractivity contribution in [1.82, 2.24) is 0 Å². The molecule has 0 fully saturated rings. The lowest BCUT2D eigenvalue weighted by Crippen LogP contribution is -2.26. The Hall–Kier alpha value is -7.22. The van der Waals surface area contributed by atoms with Crippen molar-refractivity contribution in [2.24, 2.45) is 0 Å². The third-order valence-corrected chi connectivity index (χ3v) is 13.5. The van der Waals surface area contributed by atoms with Crippen molar-refractivity contribution in [3.63, 3.8) is 0 Å². The highest BCUT2D eigenvalue weighted by Gasteiger charge is 2.52. The minimum absolute atomic E-state index is 0.144. The molecule has 0 atom stereocenters. The molecule has 0 bridgehead atoms. The molecule has 9 aromatic carbocycles. The third-order valence-electron chi connectivity index (χ3n) is 13.5. The highest BCUT2D eigenvalue weighted by Crippen LogP contribution is 2.65. The fourth-order valence-corrected chi connectivity index (χ4v) is 11.0. The van der Waals surface area contributed by atoms with Gasteiger partial charge >= 0.3 is 0 Å². The average Bonchev–Trinajstić information content (AvgIpc) is 3.86. The van der Waals surface area contributed by atoms with Crippen molar-refractivity contribution in [2.75, 3.05) is 4.90 Å². The summed E-state index contributed by atoms with van der Waals surface area (Å²) in [6.45, 7) is 4.76. The molecule has 3 aliphatic carbocycles. The highest BCUT2D eigenvalue weighted by atomic mass is 15.1. The van der Waals surface area contributed by atoms with Crippen LogP contribution in [-0.2, 0) is 10.8 Å². The molecule has 12 rings (SSSR count). The predicted molar refractivity (Wildman–Crippen MR) is 246 cm³/mol. The van der Waals surface area contributed by atoms with Crippen LogP contribution in [0.2, 0.25) is 0 Å². The van der Waals surface area contributed by atoms with Crippen LogP contribution < -0.4 is 4.90 Å². The van der Waals surface area contributed by atoms with Crippen molar-refractivity contribution in [1.29, 1.82) is 0 Å². The van der Waals surface area contributed by atoms with Gasteiger partial charge in [0.15, 0.2) is 0 Å². The summed E-state index contributed by atoms with van der Waals surface area (Å²) in [6, 6.07) is 79.2. The van der Waals surface area contributed by atoms with Crippen LogP contribution in [0.15, 0.2) is 212 Å². The van der Waals surface area contributed by atoms with Gasteiger partial charge in [-0.15, -0.1) is 0 Å². The molecule has 0 saturated carbocycles. The first-order chi connectivity index (χ1) is 29.0. The van der Waals surface area contributed by atoms with E-state index in [9.17, 15) is 0 Å². The van der Waals surface area contributed by atoms with Crippen LogP contribution in [0.4, 0.5) is 17.1 Å². The number of hydrogen-bond acceptors (Lipinski definition) is 1. The van der Waals surface area contributed by atoms with Gasteiger partial charge in [-0.25, -0.2) is 0 Å². The first-order valence-corrected chi connectivity index (χ1v) is 20.8. The average molecular weight is 752 g/mol. The van der Waals surface area contributed by atoms with E-state index in [-0.39, 0.29) is 5.41 Å². The Kier molecular flexibility index (Phi) is 7.26. The standard InChI is InChI=1S/C58H41N/c1-57(2)48-35-34-42(37-47(48)55-43(27-16-31-52(55)57)39-20-7-4-8-21-39)59(41-23-15-22-40(36-41)38-18-5-3-6-19-38)54-33-17-32-53-56(54)46-26-11-14-30-51(46)58(53)49-28-12-9-24-44(49)45-25-10-13-29-50(45)58/h3-37H,1-2H3. The lowest BCUT2D eigenvalue weighted by molar-refractivity contribution is 0.660. The number of anilines is 3. The normalized spacial score (nSPS) is 14.2.